The van der Waals surface area contributed by atoms with Crippen LogP contribution in [-0.2, 0) is 4.79 Å². The van der Waals surface area contributed by atoms with E-state index in [1.54, 1.807) is 4.90 Å². The van der Waals surface area contributed by atoms with E-state index in [1.165, 1.54) is 11.8 Å². The average Bonchev–Trinajstić information content (AvgIpc) is 2.58. The first kappa shape index (κ1) is 10.9. The van der Waals surface area contributed by atoms with Crippen LogP contribution in [0.1, 0.15) is 6.42 Å². The molecule has 1 fully saturated rings. The molecule has 0 bridgehead atoms. The Hall–Kier alpha value is -1.15. The van der Waals surface area contributed by atoms with Gasteiger partial charge in [0.2, 0.25) is 5.91 Å². The highest BCUT2D eigenvalue weighted by Gasteiger charge is 2.20. The van der Waals surface area contributed by atoms with Crippen molar-refractivity contribution >= 4 is 22.9 Å². The molecular formula is C9H12N2O2S. The first-order valence-corrected chi connectivity index (χ1v) is 5.34. The van der Waals surface area contributed by atoms with Crippen molar-refractivity contribution < 1.29 is 9.59 Å². The number of carbonyl (C=O) groups excluding carboxylic acids is 2. The Balaban J connectivity index is 2.17. The van der Waals surface area contributed by atoms with Gasteiger partial charge in [-0.3, -0.25) is 9.59 Å². The van der Waals surface area contributed by atoms with Crippen LogP contribution < -0.4 is 5.32 Å². The molecule has 1 aliphatic rings. The van der Waals surface area contributed by atoms with Gasteiger partial charge in [0.05, 0.1) is 6.54 Å². The zero-order chi connectivity index (χ0) is 10.4. The van der Waals surface area contributed by atoms with Crippen LogP contribution in [0.3, 0.4) is 0 Å². The van der Waals surface area contributed by atoms with Gasteiger partial charge in [0.25, 0.3) is 5.24 Å². The molecule has 14 heavy (non-hydrogen) atoms. The van der Waals surface area contributed by atoms with Gasteiger partial charge < -0.3 is 10.2 Å². The third-order valence-corrected chi connectivity index (χ3v) is 2.73. The van der Waals surface area contributed by atoms with Crippen molar-refractivity contribution in [2.24, 2.45) is 0 Å². The van der Waals surface area contributed by atoms with Crippen LogP contribution in [0.25, 0.3) is 0 Å². The van der Waals surface area contributed by atoms with Gasteiger partial charge in [0, 0.05) is 25.3 Å². The Morgan fingerprint density at radius 1 is 1.71 bits per heavy atom. The van der Waals surface area contributed by atoms with Crippen molar-refractivity contribution in [3.05, 3.63) is 0 Å². The Kier molecular flexibility index (Phi) is 4.33. The second-order valence-electron chi connectivity index (χ2n) is 2.83. The minimum Gasteiger partial charge on any atom is -0.345 e. The van der Waals surface area contributed by atoms with Gasteiger partial charge in [-0.1, -0.05) is 17.7 Å². The summed E-state index contributed by atoms with van der Waals surface area (Å²) in [5.41, 5.74) is 0. The van der Waals surface area contributed by atoms with Crippen LogP contribution >= 0.6 is 11.8 Å². The second-order valence-corrected chi connectivity index (χ2v) is 3.88. The van der Waals surface area contributed by atoms with Crippen molar-refractivity contribution in [2.75, 3.05) is 25.4 Å². The maximum atomic E-state index is 11.1. The minimum absolute atomic E-state index is 0.0646. The number of rotatable bonds is 4. The fourth-order valence-electron chi connectivity index (χ4n) is 1.10. The Labute approximate surface area is 87.4 Å². The summed E-state index contributed by atoms with van der Waals surface area (Å²) < 4.78 is 0. The zero-order valence-corrected chi connectivity index (χ0v) is 8.60. The Bertz CT molecular complexity index is 272. The summed E-state index contributed by atoms with van der Waals surface area (Å²) >= 11 is 1.30. The van der Waals surface area contributed by atoms with Gasteiger partial charge in [-0.05, 0) is 0 Å². The molecule has 0 aliphatic carbocycles. The summed E-state index contributed by atoms with van der Waals surface area (Å²) in [5, 5.41) is 2.62. The lowest BCUT2D eigenvalue weighted by Crippen LogP contribution is -2.31. The molecule has 1 heterocycles. The predicted octanol–water partition coefficient (Wildman–Crippen LogP) is 0.295. The average molecular weight is 212 g/mol. The standard InChI is InChI=1S/C9H12N2O2S/c1-2-4-10-8(12)3-5-11-6-7-14-9(11)13/h1H,3-7H2,(H,10,12). The van der Waals surface area contributed by atoms with Gasteiger partial charge in [-0.2, -0.15) is 0 Å². The van der Waals surface area contributed by atoms with Gasteiger partial charge in [0.1, 0.15) is 0 Å². The number of terminal acetylenes is 1. The summed E-state index contributed by atoms with van der Waals surface area (Å²) in [6.07, 6.45) is 5.31. The monoisotopic (exact) mass is 212 g/mol. The van der Waals surface area contributed by atoms with Crippen LogP contribution in [-0.4, -0.2) is 41.4 Å². The number of carbonyl (C=O) groups is 2. The molecule has 0 spiro atoms. The largest absolute Gasteiger partial charge is 0.345 e. The lowest BCUT2D eigenvalue weighted by molar-refractivity contribution is -0.121. The molecule has 1 aliphatic heterocycles. The highest BCUT2D eigenvalue weighted by Crippen LogP contribution is 2.16. The van der Waals surface area contributed by atoms with Crippen LogP contribution in [0, 0.1) is 12.3 Å². The lowest BCUT2D eigenvalue weighted by atomic mass is 10.3. The van der Waals surface area contributed by atoms with Crippen molar-refractivity contribution in [1.29, 1.82) is 0 Å². The van der Waals surface area contributed by atoms with E-state index in [-0.39, 0.29) is 17.7 Å². The quantitative estimate of drug-likeness (QED) is 0.682. The molecule has 0 saturated carbocycles. The smallest absolute Gasteiger partial charge is 0.281 e. The highest BCUT2D eigenvalue weighted by atomic mass is 32.2. The van der Waals surface area contributed by atoms with E-state index in [4.69, 9.17) is 6.42 Å². The van der Waals surface area contributed by atoms with Crippen LogP contribution in [0.5, 0.6) is 0 Å². The summed E-state index contributed by atoms with van der Waals surface area (Å²) in [6, 6.07) is 0. The summed E-state index contributed by atoms with van der Waals surface area (Å²) in [5.74, 6) is 3.04. The van der Waals surface area contributed by atoms with E-state index >= 15 is 0 Å². The molecule has 1 rings (SSSR count). The fourth-order valence-corrected chi connectivity index (χ4v) is 1.95. The number of nitrogens with one attached hydrogen (secondary N) is 1. The van der Waals surface area contributed by atoms with Crippen LogP contribution in [0.15, 0.2) is 0 Å². The van der Waals surface area contributed by atoms with E-state index in [0.717, 1.165) is 12.3 Å². The molecule has 1 N–H and O–H groups in total. The van der Waals surface area contributed by atoms with Crippen molar-refractivity contribution in [3.63, 3.8) is 0 Å². The lowest BCUT2D eigenvalue weighted by Gasteiger charge is -2.13. The molecule has 5 heteroatoms. The third-order valence-electron chi connectivity index (χ3n) is 1.84. The van der Waals surface area contributed by atoms with E-state index in [9.17, 15) is 9.59 Å². The van der Waals surface area contributed by atoms with Gasteiger partial charge in [0.15, 0.2) is 0 Å². The van der Waals surface area contributed by atoms with Crippen LogP contribution in [0.4, 0.5) is 4.79 Å². The molecule has 0 atom stereocenters. The predicted molar refractivity (Wildman–Crippen MR) is 55.9 cm³/mol. The SMILES string of the molecule is C#CCNC(=O)CCN1CCSC1=O. The summed E-state index contributed by atoms with van der Waals surface area (Å²) in [7, 11) is 0. The Morgan fingerprint density at radius 3 is 3.07 bits per heavy atom. The number of thioether (sulfide) groups is 1. The van der Waals surface area contributed by atoms with Crippen molar-refractivity contribution in [1.82, 2.24) is 10.2 Å². The first-order valence-electron chi connectivity index (χ1n) is 4.36. The van der Waals surface area contributed by atoms with Crippen molar-refractivity contribution in [3.8, 4) is 12.3 Å². The molecule has 76 valence electrons. The van der Waals surface area contributed by atoms with E-state index < -0.39 is 0 Å². The zero-order valence-electron chi connectivity index (χ0n) is 7.78. The highest BCUT2D eigenvalue weighted by molar-refractivity contribution is 8.13. The normalized spacial score (nSPS) is 15.4. The van der Waals surface area contributed by atoms with Gasteiger partial charge >= 0.3 is 0 Å². The van der Waals surface area contributed by atoms with E-state index in [2.05, 4.69) is 11.2 Å². The number of hydrogen-bond donors (Lipinski definition) is 1. The molecule has 4 nitrogen and oxygen atoms in total. The molecular weight excluding hydrogens is 200 g/mol. The van der Waals surface area contributed by atoms with Gasteiger partial charge in [-0.15, -0.1) is 6.42 Å². The number of hydrogen-bond acceptors (Lipinski definition) is 3. The van der Waals surface area contributed by atoms with Crippen molar-refractivity contribution in [2.45, 2.75) is 6.42 Å². The van der Waals surface area contributed by atoms with E-state index in [0.29, 0.717) is 13.0 Å². The summed E-state index contributed by atoms with van der Waals surface area (Å²) in [6.45, 7) is 1.48. The van der Waals surface area contributed by atoms with Crippen LogP contribution in [0.2, 0.25) is 0 Å². The molecule has 1 saturated heterocycles. The molecule has 0 unspecified atom stereocenters. The Morgan fingerprint density at radius 2 is 2.50 bits per heavy atom. The first-order chi connectivity index (χ1) is 6.74. The molecule has 0 radical (unpaired) electrons. The number of amides is 2. The van der Waals surface area contributed by atoms with Gasteiger partial charge in [-0.25, -0.2) is 0 Å². The third kappa shape index (κ3) is 3.30. The maximum Gasteiger partial charge on any atom is 0.281 e. The molecule has 0 aromatic rings. The van der Waals surface area contributed by atoms with E-state index in [1.807, 2.05) is 0 Å². The maximum absolute atomic E-state index is 11.1. The minimum atomic E-state index is -0.104. The fraction of sp³-hybridized carbons (Fsp3) is 0.556. The molecule has 0 aromatic carbocycles. The molecule has 2 amide bonds. The number of nitrogens with zero attached hydrogens (tertiary/aromatic N) is 1. The second kappa shape index (κ2) is 5.55. The topological polar surface area (TPSA) is 49.4 Å². The molecule has 0 aromatic heterocycles. The summed E-state index contributed by atoms with van der Waals surface area (Å²) in [4.78, 5) is 23.9.